The standard InChI is InChI=1S/C22H24N2O3S/c1-19-6-5-9-21(18-19)10-11-22(25)23-13-15-24(16-14-23)28(26,27)17-12-20-7-3-2-4-8-20/h2-12,17-18H,13-16H2,1H3. The lowest BCUT2D eigenvalue weighted by atomic mass is 10.1. The van der Waals surface area contributed by atoms with Gasteiger partial charge in [-0.25, -0.2) is 8.42 Å². The summed E-state index contributed by atoms with van der Waals surface area (Å²) in [6.45, 7) is 3.37. The molecule has 2 aromatic rings. The van der Waals surface area contributed by atoms with Crippen molar-refractivity contribution in [3.8, 4) is 0 Å². The van der Waals surface area contributed by atoms with Gasteiger partial charge in [-0.05, 0) is 30.2 Å². The van der Waals surface area contributed by atoms with Crippen molar-refractivity contribution >= 4 is 28.1 Å². The molecule has 0 aromatic heterocycles. The van der Waals surface area contributed by atoms with E-state index in [1.54, 1.807) is 23.1 Å². The molecule has 5 nitrogen and oxygen atoms in total. The molecule has 0 N–H and O–H groups in total. The van der Waals surface area contributed by atoms with E-state index in [0.29, 0.717) is 26.2 Å². The number of carbonyl (C=O) groups excluding carboxylic acids is 1. The van der Waals surface area contributed by atoms with Crippen molar-refractivity contribution in [1.29, 1.82) is 0 Å². The molecule has 2 aromatic carbocycles. The molecule has 28 heavy (non-hydrogen) atoms. The number of sulfonamides is 1. The summed E-state index contributed by atoms with van der Waals surface area (Å²) in [6.07, 6.45) is 4.94. The van der Waals surface area contributed by atoms with Crippen molar-refractivity contribution < 1.29 is 13.2 Å². The Bertz CT molecular complexity index is 974. The predicted octanol–water partition coefficient (Wildman–Crippen LogP) is 3.15. The van der Waals surface area contributed by atoms with Gasteiger partial charge in [0.25, 0.3) is 0 Å². The van der Waals surface area contributed by atoms with E-state index >= 15 is 0 Å². The van der Waals surface area contributed by atoms with Crippen LogP contribution in [0.4, 0.5) is 0 Å². The molecule has 0 unspecified atom stereocenters. The maximum Gasteiger partial charge on any atom is 0.246 e. The molecule has 0 aliphatic carbocycles. The van der Waals surface area contributed by atoms with E-state index in [4.69, 9.17) is 0 Å². The monoisotopic (exact) mass is 396 g/mol. The highest BCUT2D eigenvalue weighted by molar-refractivity contribution is 7.92. The van der Waals surface area contributed by atoms with Gasteiger partial charge in [0.05, 0.1) is 0 Å². The first-order valence-electron chi connectivity index (χ1n) is 9.21. The van der Waals surface area contributed by atoms with Gasteiger partial charge in [0.2, 0.25) is 15.9 Å². The molecule has 146 valence electrons. The van der Waals surface area contributed by atoms with Crippen LogP contribution in [0.25, 0.3) is 12.2 Å². The number of hydrogen-bond acceptors (Lipinski definition) is 3. The molecule has 0 spiro atoms. The zero-order valence-corrected chi connectivity index (χ0v) is 16.7. The van der Waals surface area contributed by atoms with Crippen LogP contribution in [0.3, 0.4) is 0 Å². The topological polar surface area (TPSA) is 57.7 Å². The third kappa shape index (κ3) is 5.41. The Kier molecular flexibility index (Phi) is 6.44. The van der Waals surface area contributed by atoms with Gasteiger partial charge in [0.1, 0.15) is 0 Å². The van der Waals surface area contributed by atoms with Gasteiger partial charge in [0, 0.05) is 37.7 Å². The van der Waals surface area contributed by atoms with Crippen molar-refractivity contribution in [2.75, 3.05) is 26.2 Å². The summed E-state index contributed by atoms with van der Waals surface area (Å²) in [5, 5.41) is 1.23. The van der Waals surface area contributed by atoms with Crippen molar-refractivity contribution in [1.82, 2.24) is 9.21 Å². The molecular formula is C22H24N2O3S. The average Bonchev–Trinajstić information content (AvgIpc) is 2.71. The van der Waals surface area contributed by atoms with Crippen molar-refractivity contribution in [2.24, 2.45) is 0 Å². The lowest BCUT2D eigenvalue weighted by Crippen LogP contribution is -2.49. The Morgan fingerprint density at radius 1 is 0.893 bits per heavy atom. The fraction of sp³-hybridized carbons (Fsp3) is 0.227. The normalized spacial score (nSPS) is 16.1. The minimum absolute atomic E-state index is 0.0987. The number of nitrogens with zero attached hydrogens (tertiary/aromatic N) is 2. The van der Waals surface area contributed by atoms with Gasteiger partial charge in [0.15, 0.2) is 0 Å². The zero-order valence-electron chi connectivity index (χ0n) is 15.9. The van der Waals surface area contributed by atoms with Gasteiger partial charge < -0.3 is 4.90 Å². The predicted molar refractivity (Wildman–Crippen MR) is 113 cm³/mol. The van der Waals surface area contributed by atoms with Crippen molar-refractivity contribution in [3.05, 3.63) is 82.8 Å². The molecule has 0 atom stereocenters. The summed E-state index contributed by atoms with van der Waals surface area (Å²) in [4.78, 5) is 14.1. The van der Waals surface area contributed by atoms with Crippen molar-refractivity contribution in [2.45, 2.75) is 6.92 Å². The van der Waals surface area contributed by atoms with E-state index in [-0.39, 0.29) is 5.91 Å². The van der Waals surface area contributed by atoms with Crippen LogP contribution in [0, 0.1) is 6.92 Å². The summed E-state index contributed by atoms with van der Waals surface area (Å²) >= 11 is 0. The van der Waals surface area contributed by atoms with Gasteiger partial charge in [-0.2, -0.15) is 4.31 Å². The third-order valence-corrected chi connectivity index (χ3v) is 6.17. The second-order valence-corrected chi connectivity index (χ2v) is 8.55. The molecule has 1 heterocycles. The smallest absolute Gasteiger partial charge is 0.246 e. The molecule has 1 fully saturated rings. The molecule has 1 aliphatic heterocycles. The number of aryl methyl sites for hydroxylation is 1. The van der Waals surface area contributed by atoms with E-state index in [1.165, 1.54) is 9.71 Å². The van der Waals surface area contributed by atoms with Gasteiger partial charge >= 0.3 is 0 Å². The van der Waals surface area contributed by atoms with Crippen molar-refractivity contribution in [3.63, 3.8) is 0 Å². The summed E-state index contributed by atoms with van der Waals surface area (Å²) in [6, 6.07) is 17.2. The highest BCUT2D eigenvalue weighted by atomic mass is 32.2. The largest absolute Gasteiger partial charge is 0.337 e. The van der Waals surface area contributed by atoms with Crippen LogP contribution in [0.2, 0.25) is 0 Å². The Morgan fingerprint density at radius 2 is 1.57 bits per heavy atom. The molecule has 1 amide bonds. The minimum atomic E-state index is -3.49. The highest BCUT2D eigenvalue weighted by Crippen LogP contribution is 2.13. The summed E-state index contributed by atoms with van der Waals surface area (Å²) < 4.78 is 26.4. The van der Waals surface area contributed by atoms with Crippen LogP contribution in [0.5, 0.6) is 0 Å². The fourth-order valence-electron chi connectivity index (χ4n) is 3.02. The summed E-state index contributed by atoms with van der Waals surface area (Å²) in [7, 11) is -3.49. The SMILES string of the molecule is Cc1cccc(C=CC(=O)N2CCN(S(=O)(=O)C=Cc3ccccc3)CC2)c1. The Labute approximate surface area is 166 Å². The van der Waals surface area contributed by atoms with Crippen LogP contribution < -0.4 is 0 Å². The highest BCUT2D eigenvalue weighted by Gasteiger charge is 2.26. The van der Waals surface area contributed by atoms with E-state index in [2.05, 4.69) is 0 Å². The van der Waals surface area contributed by atoms with Gasteiger partial charge in [-0.1, -0.05) is 60.2 Å². The number of rotatable bonds is 5. The maximum absolute atomic E-state index is 12.5. The maximum atomic E-state index is 12.5. The molecule has 0 saturated carbocycles. The number of carbonyl (C=O) groups is 1. The van der Waals surface area contributed by atoms with E-state index in [0.717, 1.165) is 16.7 Å². The van der Waals surface area contributed by atoms with E-state index < -0.39 is 10.0 Å². The molecule has 1 aliphatic rings. The van der Waals surface area contributed by atoms with Gasteiger partial charge in [-0.15, -0.1) is 0 Å². The Balaban J connectivity index is 1.56. The average molecular weight is 397 g/mol. The summed E-state index contributed by atoms with van der Waals surface area (Å²) in [5.74, 6) is -0.0987. The quantitative estimate of drug-likeness (QED) is 0.730. The summed E-state index contributed by atoms with van der Waals surface area (Å²) in [5.41, 5.74) is 2.94. The van der Waals surface area contributed by atoms with E-state index in [9.17, 15) is 13.2 Å². The zero-order chi connectivity index (χ0) is 20.0. The Morgan fingerprint density at radius 3 is 2.25 bits per heavy atom. The number of piperazine rings is 1. The minimum Gasteiger partial charge on any atom is -0.337 e. The van der Waals surface area contributed by atoms with Crippen LogP contribution in [-0.4, -0.2) is 49.7 Å². The Hall–Kier alpha value is -2.70. The molecule has 3 rings (SSSR count). The first-order chi connectivity index (χ1) is 13.4. The number of hydrogen-bond donors (Lipinski definition) is 0. The fourth-order valence-corrected chi connectivity index (χ4v) is 4.20. The van der Waals surface area contributed by atoms with Crippen LogP contribution in [-0.2, 0) is 14.8 Å². The van der Waals surface area contributed by atoms with Crippen LogP contribution in [0.15, 0.2) is 66.1 Å². The molecule has 0 bridgehead atoms. The number of benzene rings is 2. The third-order valence-electron chi connectivity index (χ3n) is 4.60. The number of amides is 1. The lowest BCUT2D eigenvalue weighted by Gasteiger charge is -2.32. The van der Waals surface area contributed by atoms with Crippen LogP contribution in [0.1, 0.15) is 16.7 Å². The van der Waals surface area contributed by atoms with E-state index in [1.807, 2.05) is 61.5 Å². The first kappa shape index (κ1) is 20.0. The molecule has 1 saturated heterocycles. The molecule has 0 radical (unpaired) electrons. The molecular weight excluding hydrogens is 372 g/mol. The van der Waals surface area contributed by atoms with Crippen LogP contribution >= 0.6 is 0 Å². The second kappa shape index (κ2) is 8.99. The second-order valence-electron chi connectivity index (χ2n) is 6.73. The molecule has 6 heteroatoms. The first-order valence-corrected chi connectivity index (χ1v) is 10.7. The van der Waals surface area contributed by atoms with Gasteiger partial charge in [-0.3, -0.25) is 4.79 Å². The lowest BCUT2D eigenvalue weighted by molar-refractivity contribution is -0.127.